The molecule has 19 heavy (non-hydrogen) atoms. The smallest absolute Gasteiger partial charge is 0.205 e. The summed E-state index contributed by atoms with van der Waals surface area (Å²) in [5, 5.41) is 0.564. The Labute approximate surface area is 115 Å². The average Bonchev–Trinajstić information content (AvgIpc) is 2.75. The van der Waals surface area contributed by atoms with Crippen LogP contribution in [0.4, 0.5) is 5.95 Å². The number of benzene rings is 2. The highest BCUT2D eigenvalue weighted by Crippen LogP contribution is 2.30. The van der Waals surface area contributed by atoms with Crippen LogP contribution in [-0.2, 0) is 0 Å². The molecule has 3 rings (SSSR count). The molecule has 0 unspecified atom stereocenters. The predicted molar refractivity (Wildman–Crippen MR) is 77.0 cm³/mol. The largest absolute Gasteiger partial charge is 0.495 e. The Bertz CT molecular complexity index is 752. The zero-order valence-corrected chi connectivity index (χ0v) is 11.1. The first-order chi connectivity index (χ1) is 9.20. The predicted octanol–water partition coefficient (Wildman–Crippen LogP) is 3.27. The number of hydrogen-bond acceptors (Lipinski definition) is 3. The number of aromatic nitrogens is 2. The second kappa shape index (κ2) is 4.48. The van der Waals surface area contributed by atoms with Crippen molar-refractivity contribution in [3.05, 3.63) is 47.5 Å². The molecule has 0 fully saturated rings. The maximum Gasteiger partial charge on any atom is 0.205 e. The standard InChI is InChI=1S/C14H12ClN3O/c1-19-13-8-9(6-7-10(13)15)18-12-5-3-2-4-11(12)17-14(18)16/h2-8H,1H3,(H2,16,17). The molecule has 2 aromatic carbocycles. The van der Waals surface area contributed by atoms with Gasteiger partial charge in [0.2, 0.25) is 5.95 Å². The summed E-state index contributed by atoms with van der Waals surface area (Å²) in [4.78, 5) is 4.33. The Morgan fingerprint density at radius 1 is 1.21 bits per heavy atom. The normalized spacial score (nSPS) is 10.8. The molecular formula is C14H12ClN3O. The third kappa shape index (κ3) is 1.90. The van der Waals surface area contributed by atoms with Crippen molar-refractivity contribution in [2.45, 2.75) is 0 Å². The fraction of sp³-hybridized carbons (Fsp3) is 0.0714. The van der Waals surface area contributed by atoms with E-state index in [9.17, 15) is 0 Å². The van der Waals surface area contributed by atoms with Crippen LogP contribution in [0.25, 0.3) is 16.7 Å². The van der Waals surface area contributed by atoms with Gasteiger partial charge in [-0.1, -0.05) is 23.7 Å². The quantitative estimate of drug-likeness (QED) is 0.780. The number of rotatable bonds is 2. The lowest BCUT2D eigenvalue weighted by molar-refractivity contribution is 0.415. The first kappa shape index (κ1) is 11.9. The van der Waals surface area contributed by atoms with E-state index in [1.165, 1.54) is 0 Å². The first-order valence-corrected chi connectivity index (χ1v) is 6.15. The van der Waals surface area contributed by atoms with E-state index in [1.54, 1.807) is 13.2 Å². The Morgan fingerprint density at radius 3 is 2.79 bits per heavy atom. The SMILES string of the molecule is COc1cc(-n2c(N)nc3ccccc32)ccc1Cl. The van der Waals surface area contributed by atoms with E-state index in [1.807, 2.05) is 41.0 Å². The highest BCUT2D eigenvalue weighted by atomic mass is 35.5. The minimum atomic E-state index is 0.436. The topological polar surface area (TPSA) is 53.1 Å². The van der Waals surface area contributed by atoms with Gasteiger partial charge >= 0.3 is 0 Å². The molecular weight excluding hydrogens is 262 g/mol. The van der Waals surface area contributed by atoms with Gasteiger partial charge in [0.05, 0.1) is 28.9 Å². The zero-order valence-electron chi connectivity index (χ0n) is 10.3. The third-order valence-corrected chi connectivity index (χ3v) is 3.29. The molecule has 96 valence electrons. The molecule has 1 aromatic heterocycles. The van der Waals surface area contributed by atoms with E-state index in [2.05, 4.69) is 4.98 Å². The lowest BCUT2D eigenvalue weighted by Gasteiger charge is -2.09. The summed E-state index contributed by atoms with van der Waals surface area (Å²) in [6.45, 7) is 0. The number of para-hydroxylation sites is 2. The summed E-state index contributed by atoms with van der Waals surface area (Å²) >= 11 is 6.03. The molecule has 0 bridgehead atoms. The summed E-state index contributed by atoms with van der Waals surface area (Å²) < 4.78 is 7.10. The molecule has 0 atom stereocenters. The van der Waals surface area contributed by atoms with Crippen LogP contribution in [0.5, 0.6) is 5.75 Å². The van der Waals surface area contributed by atoms with Gasteiger partial charge in [-0.05, 0) is 24.3 Å². The van der Waals surface area contributed by atoms with Crippen molar-refractivity contribution >= 4 is 28.6 Å². The molecule has 2 N–H and O–H groups in total. The van der Waals surface area contributed by atoms with Crippen molar-refractivity contribution in [2.75, 3.05) is 12.8 Å². The number of methoxy groups -OCH3 is 1. The number of hydrogen-bond donors (Lipinski definition) is 1. The van der Waals surface area contributed by atoms with Crippen LogP contribution in [0, 0.1) is 0 Å². The number of nitrogen functional groups attached to an aromatic ring is 1. The molecule has 0 spiro atoms. The van der Waals surface area contributed by atoms with E-state index in [-0.39, 0.29) is 0 Å². The summed E-state index contributed by atoms with van der Waals surface area (Å²) in [6.07, 6.45) is 0. The lowest BCUT2D eigenvalue weighted by Crippen LogP contribution is -2.01. The van der Waals surface area contributed by atoms with Gasteiger partial charge in [0, 0.05) is 6.07 Å². The van der Waals surface area contributed by atoms with E-state index < -0.39 is 0 Å². The van der Waals surface area contributed by atoms with Gasteiger partial charge in [0.15, 0.2) is 0 Å². The molecule has 4 nitrogen and oxygen atoms in total. The van der Waals surface area contributed by atoms with Crippen LogP contribution >= 0.6 is 11.6 Å². The van der Waals surface area contributed by atoms with Crippen molar-refractivity contribution in [1.82, 2.24) is 9.55 Å². The van der Waals surface area contributed by atoms with Gasteiger partial charge in [-0.2, -0.15) is 0 Å². The first-order valence-electron chi connectivity index (χ1n) is 5.77. The maximum absolute atomic E-state index is 6.03. The second-order valence-corrected chi connectivity index (χ2v) is 4.52. The van der Waals surface area contributed by atoms with Gasteiger partial charge in [-0.25, -0.2) is 4.98 Å². The molecule has 5 heteroatoms. The summed E-state index contributed by atoms with van der Waals surface area (Å²) in [6, 6.07) is 13.3. The minimum Gasteiger partial charge on any atom is -0.495 e. The van der Waals surface area contributed by atoms with Crippen molar-refractivity contribution in [3.8, 4) is 11.4 Å². The number of anilines is 1. The summed E-state index contributed by atoms with van der Waals surface area (Å²) in [5.74, 6) is 1.04. The van der Waals surface area contributed by atoms with Crippen LogP contribution in [0.2, 0.25) is 5.02 Å². The molecule has 1 heterocycles. The fourth-order valence-corrected chi connectivity index (χ4v) is 2.30. The van der Waals surface area contributed by atoms with Crippen LogP contribution in [0.15, 0.2) is 42.5 Å². The van der Waals surface area contributed by atoms with Crippen molar-refractivity contribution in [2.24, 2.45) is 0 Å². The molecule has 0 amide bonds. The van der Waals surface area contributed by atoms with Crippen molar-refractivity contribution < 1.29 is 4.74 Å². The van der Waals surface area contributed by atoms with E-state index >= 15 is 0 Å². The number of halogens is 1. The molecule has 0 radical (unpaired) electrons. The highest BCUT2D eigenvalue weighted by molar-refractivity contribution is 6.32. The Hall–Kier alpha value is -2.20. The van der Waals surface area contributed by atoms with Crippen LogP contribution in [0.1, 0.15) is 0 Å². The van der Waals surface area contributed by atoms with Crippen molar-refractivity contribution in [3.63, 3.8) is 0 Å². The van der Waals surface area contributed by atoms with Crippen LogP contribution < -0.4 is 10.5 Å². The van der Waals surface area contributed by atoms with E-state index in [0.29, 0.717) is 16.7 Å². The van der Waals surface area contributed by atoms with Gasteiger partial charge in [-0.3, -0.25) is 4.57 Å². The number of fused-ring (bicyclic) bond motifs is 1. The summed E-state index contributed by atoms with van der Waals surface area (Å²) in [7, 11) is 1.58. The average molecular weight is 274 g/mol. The Balaban J connectivity index is 2.27. The number of imidazole rings is 1. The third-order valence-electron chi connectivity index (χ3n) is 2.98. The van der Waals surface area contributed by atoms with Gasteiger partial charge in [0.1, 0.15) is 5.75 Å². The fourth-order valence-electron chi connectivity index (χ4n) is 2.10. The van der Waals surface area contributed by atoms with Crippen molar-refractivity contribution in [1.29, 1.82) is 0 Å². The highest BCUT2D eigenvalue weighted by Gasteiger charge is 2.11. The molecule has 3 aromatic rings. The maximum atomic E-state index is 6.03. The monoisotopic (exact) mass is 273 g/mol. The van der Waals surface area contributed by atoms with Crippen LogP contribution in [0.3, 0.4) is 0 Å². The number of ether oxygens (including phenoxy) is 1. The Morgan fingerprint density at radius 2 is 2.00 bits per heavy atom. The van der Waals surface area contributed by atoms with E-state index in [0.717, 1.165) is 16.7 Å². The van der Waals surface area contributed by atoms with E-state index in [4.69, 9.17) is 22.1 Å². The minimum absolute atomic E-state index is 0.436. The van der Waals surface area contributed by atoms with Gasteiger partial charge in [-0.15, -0.1) is 0 Å². The number of nitrogens with zero attached hydrogens (tertiary/aromatic N) is 2. The molecule has 0 aliphatic rings. The Kier molecular flexibility index (Phi) is 2.80. The molecule has 0 aliphatic heterocycles. The van der Waals surface area contributed by atoms with Gasteiger partial charge in [0.25, 0.3) is 0 Å². The molecule has 0 saturated carbocycles. The van der Waals surface area contributed by atoms with Gasteiger partial charge < -0.3 is 10.5 Å². The molecule has 0 aliphatic carbocycles. The summed E-state index contributed by atoms with van der Waals surface area (Å²) in [5.41, 5.74) is 8.66. The number of nitrogens with two attached hydrogens (primary N) is 1. The second-order valence-electron chi connectivity index (χ2n) is 4.11. The lowest BCUT2D eigenvalue weighted by atomic mass is 10.2. The molecule has 0 saturated heterocycles. The van der Waals surface area contributed by atoms with Crippen LogP contribution in [-0.4, -0.2) is 16.7 Å². The zero-order chi connectivity index (χ0) is 13.4.